The normalized spacial score (nSPS) is 49.6. The highest BCUT2D eigenvalue weighted by atomic mass is 32.3. The zero-order valence-electron chi connectivity index (χ0n) is 19.5. The van der Waals surface area contributed by atoms with Gasteiger partial charge in [0.1, 0.15) is 61.0 Å². The Morgan fingerprint density at radius 1 is 0.757 bits per heavy atom. The van der Waals surface area contributed by atoms with Crippen molar-refractivity contribution in [2.75, 3.05) is 13.2 Å². The van der Waals surface area contributed by atoms with E-state index in [0.717, 1.165) is 0 Å². The van der Waals surface area contributed by atoms with E-state index in [1.54, 1.807) is 0 Å². The fourth-order valence-electron chi connectivity index (χ4n) is 4.64. The fraction of sp³-hybridized carbons (Fsp3) is 1.00. The van der Waals surface area contributed by atoms with Crippen molar-refractivity contribution in [3.63, 3.8) is 0 Å². The fourth-order valence-corrected chi connectivity index (χ4v) is 5.16. The van der Waals surface area contributed by atoms with Crippen molar-refractivity contribution in [1.29, 1.82) is 0 Å². The summed E-state index contributed by atoms with van der Waals surface area (Å²) in [6.07, 6.45) is -18.6. The first-order valence-electron chi connectivity index (χ1n) is 11.5. The van der Waals surface area contributed by atoms with Crippen molar-refractivity contribution in [2.45, 2.75) is 98.2 Å². The second-order valence-corrected chi connectivity index (χ2v) is 10.3. The number of nitrogens with two attached hydrogens (primary N) is 4. The summed E-state index contributed by atoms with van der Waals surface area (Å²) in [5.74, 6) is 0. The minimum absolute atomic E-state index is 0.00645. The molecular weight excluding hydrogens is 528 g/mol. The highest BCUT2D eigenvalue weighted by Gasteiger charge is 2.52. The first-order valence-corrected chi connectivity index (χ1v) is 12.8. The minimum Gasteiger partial charge on any atom is -0.394 e. The molecule has 37 heavy (non-hydrogen) atoms. The Morgan fingerprint density at radius 3 is 1.76 bits per heavy atom. The lowest BCUT2D eigenvalue weighted by atomic mass is 9.84. The first kappa shape index (κ1) is 30.8. The summed E-state index contributed by atoms with van der Waals surface area (Å²) in [5, 5.41) is 61.6. The summed E-state index contributed by atoms with van der Waals surface area (Å²) in [6, 6.07) is -3.11. The quantitative estimate of drug-likeness (QED) is 0.122. The van der Waals surface area contributed by atoms with Gasteiger partial charge in [-0.15, -0.1) is 0 Å². The predicted octanol–water partition coefficient (Wildman–Crippen LogP) is -7.46. The van der Waals surface area contributed by atoms with Gasteiger partial charge in [-0.05, 0) is 6.42 Å². The van der Waals surface area contributed by atoms with Crippen molar-refractivity contribution in [2.24, 2.45) is 22.9 Å². The standard InChI is InChI=1S/C18H36N4O14S/c19-2-6-16(36-37(29,30)31)11(26)12(27)18(32-6)35-15-5(21)1-4(20)14(13(15)28)34-17-10(25)8(22)9(24)7(3-23)33-17/h4-18,23-28H,1-3,19-22H2,(H,29,30,31). The lowest BCUT2D eigenvalue weighted by Crippen LogP contribution is -2.68. The van der Waals surface area contributed by atoms with Gasteiger partial charge in [0, 0.05) is 18.6 Å². The van der Waals surface area contributed by atoms with Crippen LogP contribution >= 0.6 is 0 Å². The average Bonchev–Trinajstić information content (AvgIpc) is 2.82. The first-order chi connectivity index (χ1) is 17.2. The monoisotopic (exact) mass is 564 g/mol. The lowest BCUT2D eigenvalue weighted by molar-refractivity contribution is -0.330. The van der Waals surface area contributed by atoms with Gasteiger partial charge in [0.25, 0.3) is 0 Å². The highest BCUT2D eigenvalue weighted by Crippen LogP contribution is 2.32. The molecule has 1 aliphatic carbocycles. The van der Waals surface area contributed by atoms with Crippen LogP contribution in [0, 0.1) is 0 Å². The molecule has 19 heteroatoms. The molecule has 2 aliphatic heterocycles. The third-order valence-corrected chi connectivity index (χ3v) is 7.15. The van der Waals surface area contributed by atoms with Crippen LogP contribution in [-0.4, -0.2) is 149 Å². The molecule has 0 spiro atoms. The van der Waals surface area contributed by atoms with Crippen molar-refractivity contribution >= 4 is 10.4 Å². The topological polar surface area (TPSA) is 326 Å². The highest BCUT2D eigenvalue weighted by molar-refractivity contribution is 7.80. The minimum atomic E-state index is -5.04. The molecule has 0 radical (unpaired) electrons. The summed E-state index contributed by atoms with van der Waals surface area (Å²) in [7, 11) is -5.04. The molecule has 3 rings (SSSR count). The predicted molar refractivity (Wildman–Crippen MR) is 118 cm³/mol. The molecule has 0 aromatic rings. The molecule has 18 nitrogen and oxygen atoms in total. The SMILES string of the molecule is NCC1OC(OC2C(N)CC(N)C(OC3OC(CO)C(O)C(N)C3O)C2O)C(O)C(O)C1OS(=O)(=O)O. The lowest BCUT2D eigenvalue weighted by Gasteiger charge is -2.48. The van der Waals surface area contributed by atoms with E-state index in [-0.39, 0.29) is 6.42 Å². The van der Waals surface area contributed by atoms with Crippen LogP contribution in [0.4, 0.5) is 0 Å². The molecule has 15 unspecified atom stereocenters. The van der Waals surface area contributed by atoms with E-state index in [4.69, 9.17) is 46.4 Å². The molecule has 0 amide bonds. The Hall–Kier alpha value is -0.690. The van der Waals surface area contributed by atoms with Crippen molar-refractivity contribution in [3.8, 4) is 0 Å². The third-order valence-electron chi connectivity index (χ3n) is 6.69. The van der Waals surface area contributed by atoms with Gasteiger partial charge in [-0.3, -0.25) is 4.55 Å². The number of rotatable bonds is 8. The van der Waals surface area contributed by atoms with E-state index < -0.39 is 115 Å². The van der Waals surface area contributed by atoms with Crippen LogP contribution in [-0.2, 0) is 33.5 Å². The zero-order chi connectivity index (χ0) is 27.8. The van der Waals surface area contributed by atoms with E-state index in [2.05, 4.69) is 4.18 Å². The van der Waals surface area contributed by atoms with Crippen molar-refractivity contribution < 1.29 is 66.7 Å². The second-order valence-electron chi connectivity index (χ2n) is 9.29. The zero-order valence-corrected chi connectivity index (χ0v) is 20.3. The van der Waals surface area contributed by atoms with Crippen LogP contribution in [0.1, 0.15) is 6.42 Å². The summed E-state index contributed by atoms with van der Waals surface area (Å²) in [6.45, 7) is -1.06. The maximum Gasteiger partial charge on any atom is 0.397 e. The molecule has 0 aromatic heterocycles. The summed E-state index contributed by atoms with van der Waals surface area (Å²) < 4.78 is 57.6. The Balaban J connectivity index is 1.74. The van der Waals surface area contributed by atoms with Gasteiger partial charge in [-0.25, -0.2) is 4.18 Å². The molecule has 3 fully saturated rings. The van der Waals surface area contributed by atoms with Crippen LogP contribution in [0.2, 0.25) is 0 Å². The molecule has 218 valence electrons. The number of aliphatic hydroxyl groups excluding tert-OH is 6. The van der Waals surface area contributed by atoms with Crippen molar-refractivity contribution in [3.05, 3.63) is 0 Å². The van der Waals surface area contributed by atoms with Crippen molar-refractivity contribution in [1.82, 2.24) is 0 Å². The van der Waals surface area contributed by atoms with E-state index in [0.29, 0.717) is 0 Å². The van der Waals surface area contributed by atoms with E-state index in [9.17, 15) is 39.1 Å². The van der Waals surface area contributed by atoms with Gasteiger partial charge < -0.3 is 72.5 Å². The smallest absolute Gasteiger partial charge is 0.394 e. The van der Waals surface area contributed by atoms with Crippen LogP contribution in [0.15, 0.2) is 0 Å². The van der Waals surface area contributed by atoms with E-state index in [1.807, 2.05) is 0 Å². The Bertz CT molecular complexity index is 854. The van der Waals surface area contributed by atoms with Crippen LogP contribution in [0.3, 0.4) is 0 Å². The van der Waals surface area contributed by atoms with Gasteiger partial charge in [-0.2, -0.15) is 8.42 Å². The summed E-state index contributed by atoms with van der Waals surface area (Å²) >= 11 is 0. The maximum atomic E-state index is 11.1. The molecule has 2 saturated heterocycles. The molecule has 0 aromatic carbocycles. The molecule has 2 heterocycles. The maximum absolute atomic E-state index is 11.1. The van der Waals surface area contributed by atoms with Gasteiger partial charge >= 0.3 is 10.4 Å². The number of aliphatic hydroxyl groups is 6. The average molecular weight is 565 g/mol. The summed E-state index contributed by atoms with van der Waals surface area (Å²) in [4.78, 5) is 0. The number of hydrogen-bond donors (Lipinski definition) is 11. The van der Waals surface area contributed by atoms with Gasteiger partial charge in [0.05, 0.1) is 12.6 Å². The molecular formula is C18H36N4O14S. The molecule has 1 saturated carbocycles. The van der Waals surface area contributed by atoms with Crippen LogP contribution in [0.25, 0.3) is 0 Å². The van der Waals surface area contributed by atoms with E-state index >= 15 is 0 Å². The number of hydrogen-bond acceptors (Lipinski definition) is 17. The van der Waals surface area contributed by atoms with Gasteiger partial charge in [0.2, 0.25) is 0 Å². The van der Waals surface area contributed by atoms with Gasteiger partial charge in [0.15, 0.2) is 12.6 Å². The Labute approximate surface area is 211 Å². The molecule has 15 atom stereocenters. The van der Waals surface area contributed by atoms with E-state index in [1.165, 1.54) is 0 Å². The molecule has 3 aliphatic rings. The summed E-state index contributed by atoms with van der Waals surface area (Å²) in [5.41, 5.74) is 23.5. The Morgan fingerprint density at radius 2 is 1.27 bits per heavy atom. The molecule has 0 bridgehead atoms. The Kier molecular flexibility index (Phi) is 10.2. The van der Waals surface area contributed by atoms with Gasteiger partial charge in [-0.1, -0.05) is 0 Å². The largest absolute Gasteiger partial charge is 0.397 e. The number of ether oxygens (including phenoxy) is 4. The molecule has 15 N–H and O–H groups in total. The van der Waals surface area contributed by atoms with Crippen LogP contribution < -0.4 is 22.9 Å². The second kappa shape index (κ2) is 12.2. The van der Waals surface area contributed by atoms with Crippen LogP contribution in [0.5, 0.6) is 0 Å². The third kappa shape index (κ3) is 6.73.